The van der Waals surface area contributed by atoms with Gasteiger partial charge in [-0.3, -0.25) is 4.79 Å². The molecule has 0 bridgehead atoms. The Bertz CT molecular complexity index is 193. The van der Waals surface area contributed by atoms with Crippen LogP contribution in [0.25, 0.3) is 0 Å². The van der Waals surface area contributed by atoms with Crippen LogP contribution in [0.5, 0.6) is 0 Å². The molecular formula is C11H22N2O2. The first-order valence-corrected chi connectivity index (χ1v) is 5.73. The van der Waals surface area contributed by atoms with Gasteiger partial charge in [-0.15, -0.1) is 0 Å². The number of hydrogen-bond donors (Lipinski definition) is 2. The van der Waals surface area contributed by atoms with Crippen molar-refractivity contribution < 1.29 is 9.53 Å². The zero-order chi connectivity index (χ0) is 11.1. The number of nitrogens with one attached hydrogen (secondary N) is 2. The van der Waals surface area contributed by atoms with Crippen LogP contribution in [0.3, 0.4) is 0 Å². The van der Waals surface area contributed by atoms with Crippen LogP contribution >= 0.6 is 0 Å². The summed E-state index contributed by atoms with van der Waals surface area (Å²) in [5.41, 5.74) is 0. The highest BCUT2D eigenvalue weighted by molar-refractivity contribution is 5.76. The molecule has 1 aliphatic carbocycles. The molecule has 88 valence electrons. The highest BCUT2D eigenvalue weighted by Crippen LogP contribution is 2.32. The normalized spacial score (nSPS) is 17.5. The second kappa shape index (κ2) is 6.80. The van der Waals surface area contributed by atoms with E-state index in [1.54, 1.807) is 7.11 Å². The summed E-state index contributed by atoms with van der Waals surface area (Å²) in [6, 6.07) is 0.566. The van der Waals surface area contributed by atoms with Gasteiger partial charge in [-0.05, 0) is 25.7 Å². The lowest BCUT2D eigenvalue weighted by Gasteiger charge is -2.12. The number of ether oxygens (including phenoxy) is 1. The lowest BCUT2D eigenvalue weighted by atomic mass is 10.2. The maximum atomic E-state index is 11.3. The lowest BCUT2D eigenvalue weighted by Crippen LogP contribution is -2.34. The standard InChI is InChI=1S/C11H22N2O2/c1-9(10-3-4-10)12-6-5-11(14)13-7-8-15-2/h9-10,12H,3-8H2,1-2H3,(H,13,14). The fourth-order valence-electron chi connectivity index (χ4n) is 1.56. The quantitative estimate of drug-likeness (QED) is 0.579. The Kier molecular flexibility index (Phi) is 5.65. The zero-order valence-corrected chi connectivity index (χ0v) is 9.71. The van der Waals surface area contributed by atoms with Crippen molar-refractivity contribution in [3.63, 3.8) is 0 Å². The molecule has 0 heterocycles. The van der Waals surface area contributed by atoms with Gasteiger partial charge in [-0.25, -0.2) is 0 Å². The average Bonchev–Trinajstić information content (AvgIpc) is 3.01. The van der Waals surface area contributed by atoms with Gasteiger partial charge in [0, 0.05) is 32.7 Å². The first kappa shape index (κ1) is 12.5. The lowest BCUT2D eigenvalue weighted by molar-refractivity contribution is -0.121. The molecule has 0 aromatic carbocycles. The SMILES string of the molecule is COCCNC(=O)CCNC(C)C1CC1. The Morgan fingerprint density at radius 1 is 1.47 bits per heavy atom. The van der Waals surface area contributed by atoms with Gasteiger partial charge in [-0.2, -0.15) is 0 Å². The summed E-state index contributed by atoms with van der Waals surface area (Å²) in [7, 11) is 1.63. The summed E-state index contributed by atoms with van der Waals surface area (Å²) < 4.78 is 4.84. The molecule has 0 aromatic rings. The van der Waals surface area contributed by atoms with E-state index < -0.39 is 0 Å². The average molecular weight is 214 g/mol. The minimum Gasteiger partial charge on any atom is -0.383 e. The Labute approximate surface area is 91.8 Å². The van der Waals surface area contributed by atoms with Crippen molar-refractivity contribution in [2.45, 2.75) is 32.2 Å². The largest absolute Gasteiger partial charge is 0.383 e. The fourth-order valence-corrected chi connectivity index (χ4v) is 1.56. The summed E-state index contributed by atoms with van der Waals surface area (Å²) in [6.45, 7) is 4.15. The van der Waals surface area contributed by atoms with E-state index in [1.165, 1.54) is 12.8 Å². The molecule has 0 saturated heterocycles. The molecular weight excluding hydrogens is 192 g/mol. The van der Waals surface area contributed by atoms with Crippen LogP contribution in [-0.4, -0.2) is 38.8 Å². The molecule has 4 heteroatoms. The first-order chi connectivity index (χ1) is 7.24. The molecule has 0 aromatic heterocycles. The third kappa shape index (κ3) is 5.74. The van der Waals surface area contributed by atoms with Gasteiger partial charge in [0.15, 0.2) is 0 Å². The van der Waals surface area contributed by atoms with Gasteiger partial charge >= 0.3 is 0 Å². The molecule has 0 spiro atoms. The molecule has 0 aliphatic heterocycles. The second-order valence-electron chi connectivity index (χ2n) is 4.17. The minimum absolute atomic E-state index is 0.0996. The molecule has 2 N–H and O–H groups in total. The molecule has 4 nitrogen and oxygen atoms in total. The van der Waals surface area contributed by atoms with E-state index in [2.05, 4.69) is 17.6 Å². The third-order valence-electron chi connectivity index (χ3n) is 2.78. The molecule has 15 heavy (non-hydrogen) atoms. The third-order valence-corrected chi connectivity index (χ3v) is 2.78. The molecule has 1 unspecified atom stereocenters. The van der Waals surface area contributed by atoms with Gasteiger partial charge in [0.05, 0.1) is 6.61 Å². The molecule has 1 rings (SSSR count). The second-order valence-corrected chi connectivity index (χ2v) is 4.17. The predicted molar refractivity (Wildman–Crippen MR) is 59.7 cm³/mol. The number of amides is 1. The monoisotopic (exact) mass is 214 g/mol. The molecule has 1 amide bonds. The number of carbonyl (C=O) groups is 1. The Hall–Kier alpha value is -0.610. The van der Waals surface area contributed by atoms with Crippen LogP contribution in [0, 0.1) is 5.92 Å². The van der Waals surface area contributed by atoms with Gasteiger partial charge in [0.25, 0.3) is 0 Å². The number of carbonyl (C=O) groups excluding carboxylic acids is 1. The Balaban J connectivity index is 1.91. The smallest absolute Gasteiger partial charge is 0.221 e. The Morgan fingerprint density at radius 3 is 2.80 bits per heavy atom. The van der Waals surface area contributed by atoms with Gasteiger partial charge in [-0.1, -0.05) is 0 Å². The molecule has 0 radical (unpaired) electrons. The number of hydrogen-bond acceptors (Lipinski definition) is 3. The van der Waals surface area contributed by atoms with Crippen LogP contribution in [0.1, 0.15) is 26.2 Å². The van der Waals surface area contributed by atoms with E-state index in [0.717, 1.165) is 12.5 Å². The van der Waals surface area contributed by atoms with Crippen LogP contribution < -0.4 is 10.6 Å². The van der Waals surface area contributed by atoms with E-state index in [0.29, 0.717) is 25.6 Å². The van der Waals surface area contributed by atoms with Crippen LogP contribution in [0.4, 0.5) is 0 Å². The van der Waals surface area contributed by atoms with Crippen LogP contribution in [-0.2, 0) is 9.53 Å². The maximum absolute atomic E-state index is 11.3. The van der Waals surface area contributed by atoms with E-state index in [1.807, 2.05) is 0 Å². The van der Waals surface area contributed by atoms with Crippen molar-refractivity contribution in [3.8, 4) is 0 Å². The van der Waals surface area contributed by atoms with Crippen LogP contribution in [0.2, 0.25) is 0 Å². The summed E-state index contributed by atoms with van der Waals surface area (Å²) in [5, 5.41) is 6.17. The van der Waals surface area contributed by atoms with E-state index in [4.69, 9.17) is 4.74 Å². The summed E-state index contributed by atoms with van der Waals surface area (Å²) in [6.07, 6.45) is 3.24. The highest BCUT2D eigenvalue weighted by Gasteiger charge is 2.27. The summed E-state index contributed by atoms with van der Waals surface area (Å²) in [5.74, 6) is 0.948. The van der Waals surface area contributed by atoms with E-state index in [9.17, 15) is 4.79 Å². The number of methoxy groups -OCH3 is 1. The van der Waals surface area contributed by atoms with E-state index >= 15 is 0 Å². The van der Waals surface area contributed by atoms with Gasteiger partial charge in [0.2, 0.25) is 5.91 Å². The topological polar surface area (TPSA) is 50.4 Å². The maximum Gasteiger partial charge on any atom is 0.221 e. The van der Waals surface area contributed by atoms with Crippen molar-refractivity contribution >= 4 is 5.91 Å². The molecule has 1 aliphatic rings. The van der Waals surface area contributed by atoms with Crippen LogP contribution in [0.15, 0.2) is 0 Å². The summed E-state index contributed by atoms with van der Waals surface area (Å²) in [4.78, 5) is 11.3. The Morgan fingerprint density at radius 2 is 2.20 bits per heavy atom. The summed E-state index contributed by atoms with van der Waals surface area (Å²) >= 11 is 0. The van der Waals surface area contributed by atoms with Crippen molar-refractivity contribution in [2.75, 3.05) is 26.8 Å². The molecule has 1 atom stereocenters. The van der Waals surface area contributed by atoms with Crippen molar-refractivity contribution in [1.29, 1.82) is 0 Å². The van der Waals surface area contributed by atoms with Gasteiger partial charge in [0.1, 0.15) is 0 Å². The molecule has 1 saturated carbocycles. The minimum atomic E-state index is 0.0996. The van der Waals surface area contributed by atoms with E-state index in [-0.39, 0.29) is 5.91 Å². The molecule has 1 fully saturated rings. The fraction of sp³-hybridized carbons (Fsp3) is 0.909. The van der Waals surface area contributed by atoms with Crippen molar-refractivity contribution in [3.05, 3.63) is 0 Å². The van der Waals surface area contributed by atoms with Crippen molar-refractivity contribution in [2.24, 2.45) is 5.92 Å². The van der Waals surface area contributed by atoms with Gasteiger partial charge < -0.3 is 15.4 Å². The number of rotatable bonds is 8. The zero-order valence-electron chi connectivity index (χ0n) is 9.71. The highest BCUT2D eigenvalue weighted by atomic mass is 16.5. The van der Waals surface area contributed by atoms with Crippen molar-refractivity contribution in [1.82, 2.24) is 10.6 Å². The first-order valence-electron chi connectivity index (χ1n) is 5.73. The predicted octanol–water partition coefficient (Wildman–Crippen LogP) is 0.527.